The van der Waals surface area contributed by atoms with Crippen LogP contribution in [-0.4, -0.2) is 58.1 Å². The van der Waals surface area contributed by atoms with Crippen LogP contribution < -0.4 is 0 Å². The number of amides is 2. The molecule has 2 amide bonds. The Balaban J connectivity index is 1.91. The second kappa shape index (κ2) is 6.66. The predicted molar refractivity (Wildman–Crippen MR) is 91.0 cm³/mol. The summed E-state index contributed by atoms with van der Waals surface area (Å²) in [6.45, 7) is 2.58. The smallest absolute Gasteiger partial charge is 0.257 e. The number of hydrogen-bond donors (Lipinski definition) is 0. The standard InChI is InChI=1S/C18H21FN4O2/c1-4-15-14(11-20-23(15)13-7-5-12(19)6-8-13)17(24)22(3)16-9-10-21(2)18(16)25/h5-8,11,16H,4,9-10H2,1-3H3. The van der Waals surface area contributed by atoms with Gasteiger partial charge >= 0.3 is 0 Å². The second-order valence-corrected chi connectivity index (χ2v) is 6.23. The molecule has 0 spiro atoms. The Morgan fingerprint density at radius 1 is 1.36 bits per heavy atom. The molecule has 25 heavy (non-hydrogen) atoms. The highest BCUT2D eigenvalue weighted by Gasteiger charge is 2.35. The van der Waals surface area contributed by atoms with Gasteiger partial charge in [0.15, 0.2) is 0 Å². The maximum absolute atomic E-state index is 13.1. The normalized spacial score (nSPS) is 17.2. The number of rotatable bonds is 4. The first-order valence-corrected chi connectivity index (χ1v) is 8.29. The summed E-state index contributed by atoms with van der Waals surface area (Å²) < 4.78 is 14.8. The Bertz CT molecular complexity index is 800. The molecule has 1 aliphatic heterocycles. The van der Waals surface area contributed by atoms with Crippen LogP contribution in [0.25, 0.3) is 5.69 Å². The first kappa shape index (κ1) is 17.1. The number of nitrogens with zero attached hydrogens (tertiary/aromatic N) is 4. The number of halogens is 1. The summed E-state index contributed by atoms with van der Waals surface area (Å²) in [7, 11) is 3.39. The summed E-state index contributed by atoms with van der Waals surface area (Å²) in [6.07, 6.45) is 2.74. The summed E-state index contributed by atoms with van der Waals surface area (Å²) in [5.41, 5.74) is 1.90. The van der Waals surface area contributed by atoms with Gasteiger partial charge < -0.3 is 9.80 Å². The largest absolute Gasteiger partial charge is 0.344 e. The molecule has 0 bridgehead atoms. The Hall–Kier alpha value is -2.70. The highest BCUT2D eigenvalue weighted by atomic mass is 19.1. The molecule has 2 aromatic rings. The van der Waals surface area contributed by atoms with Gasteiger partial charge in [-0.1, -0.05) is 6.92 Å². The zero-order chi connectivity index (χ0) is 18.1. The predicted octanol–water partition coefficient (Wildman–Crippen LogP) is 1.88. The molecule has 1 saturated heterocycles. The zero-order valence-electron chi connectivity index (χ0n) is 14.6. The Morgan fingerprint density at radius 3 is 2.60 bits per heavy atom. The molecule has 1 aliphatic rings. The van der Waals surface area contributed by atoms with Crippen molar-refractivity contribution in [3.8, 4) is 5.69 Å². The highest BCUT2D eigenvalue weighted by Crippen LogP contribution is 2.21. The van der Waals surface area contributed by atoms with Crippen molar-refractivity contribution in [1.82, 2.24) is 19.6 Å². The summed E-state index contributed by atoms with van der Waals surface area (Å²) in [5, 5.41) is 4.30. The van der Waals surface area contributed by atoms with Crippen LogP contribution in [-0.2, 0) is 11.2 Å². The minimum absolute atomic E-state index is 0.0418. The van der Waals surface area contributed by atoms with Crippen LogP contribution >= 0.6 is 0 Å². The van der Waals surface area contributed by atoms with Crippen molar-refractivity contribution < 1.29 is 14.0 Å². The van der Waals surface area contributed by atoms with Crippen molar-refractivity contribution in [3.05, 3.63) is 47.5 Å². The van der Waals surface area contributed by atoms with E-state index in [4.69, 9.17) is 0 Å². The summed E-state index contributed by atoms with van der Waals surface area (Å²) in [4.78, 5) is 28.2. The lowest BCUT2D eigenvalue weighted by atomic mass is 10.1. The van der Waals surface area contributed by atoms with Gasteiger partial charge in [0.1, 0.15) is 11.9 Å². The second-order valence-electron chi connectivity index (χ2n) is 6.23. The van der Waals surface area contributed by atoms with Gasteiger partial charge in [0, 0.05) is 20.6 Å². The number of aromatic nitrogens is 2. The Morgan fingerprint density at radius 2 is 2.04 bits per heavy atom. The monoisotopic (exact) mass is 344 g/mol. The van der Waals surface area contributed by atoms with E-state index in [0.717, 1.165) is 5.69 Å². The summed E-state index contributed by atoms with van der Waals surface area (Å²) in [5.74, 6) is -0.590. The highest BCUT2D eigenvalue weighted by molar-refractivity contribution is 5.98. The van der Waals surface area contributed by atoms with E-state index in [-0.39, 0.29) is 17.6 Å². The first-order chi connectivity index (χ1) is 11.9. The topological polar surface area (TPSA) is 58.4 Å². The van der Waals surface area contributed by atoms with Gasteiger partial charge in [0.2, 0.25) is 5.91 Å². The van der Waals surface area contributed by atoms with Crippen LogP contribution in [0.4, 0.5) is 4.39 Å². The van der Waals surface area contributed by atoms with Crippen molar-refractivity contribution in [2.75, 3.05) is 20.6 Å². The van der Waals surface area contributed by atoms with Crippen LogP contribution in [0.5, 0.6) is 0 Å². The van der Waals surface area contributed by atoms with Crippen molar-refractivity contribution in [2.24, 2.45) is 0 Å². The van der Waals surface area contributed by atoms with Gasteiger partial charge in [-0.05, 0) is 37.1 Å². The van der Waals surface area contributed by atoms with E-state index in [0.29, 0.717) is 30.6 Å². The van der Waals surface area contributed by atoms with E-state index < -0.39 is 6.04 Å². The fraction of sp³-hybridized carbons (Fsp3) is 0.389. The van der Waals surface area contributed by atoms with Crippen molar-refractivity contribution in [3.63, 3.8) is 0 Å². The molecule has 1 aromatic carbocycles. The maximum atomic E-state index is 13.1. The number of carbonyl (C=O) groups is 2. The molecule has 0 aliphatic carbocycles. The lowest BCUT2D eigenvalue weighted by Gasteiger charge is -2.23. The first-order valence-electron chi connectivity index (χ1n) is 8.29. The number of likely N-dealkylation sites (tertiary alicyclic amines) is 1. The van der Waals surface area contributed by atoms with Gasteiger partial charge in [-0.25, -0.2) is 9.07 Å². The molecule has 6 nitrogen and oxygen atoms in total. The van der Waals surface area contributed by atoms with Gasteiger partial charge in [-0.2, -0.15) is 5.10 Å². The van der Waals surface area contributed by atoms with Crippen LogP contribution in [0, 0.1) is 5.82 Å². The van der Waals surface area contributed by atoms with E-state index in [1.54, 1.807) is 35.8 Å². The van der Waals surface area contributed by atoms with Crippen LogP contribution in [0.1, 0.15) is 29.4 Å². The lowest BCUT2D eigenvalue weighted by molar-refractivity contribution is -0.130. The fourth-order valence-electron chi connectivity index (χ4n) is 3.19. The molecule has 0 radical (unpaired) electrons. The third-order valence-electron chi connectivity index (χ3n) is 4.69. The summed E-state index contributed by atoms with van der Waals surface area (Å²) in [6, 6.07) is 5.52. The van der Waals surface area contributed by atoms with Crippen LogP contribution in [0.2, 0.25) is 0 Å². The SMILES string of the molecule is CCc1c(C(=O)N(C)C2CCN(C)C2=O)cnn1-c1ccc(F)cc1. The summed E-state index contributed by atoms with van der Waals surface area (Å²) >= 11 is 0. The molecule has 1 unspecified atom stereocenters. The van der Waals surface area contributed by atoms with Gasteiger partial charge in [0.25, 0.3) is 5.91 Å². The Labute approximate surface area is 145 Å². The molecule has 1 aromatic heterocycles. The van der Waals surface area contributed by atoms with Crippen molar-refractivity contribution in [2.45, 2.75) is 25.8 Å². The van der Waals surface area contributed by atoms with E-state index in [2.05, 4.69) is 5.10 Å². The van der Waals surface area contributed by atoms with Crippen molar-refractivity contribution >= 4 is 11.8 Å². The zero-order valence-corrected chi connectivity index (χ0v) is 14.6. The quantitative estimate of drug-likeness (QED) is 0.851. The number of hydrogen-bond acceptors (Lipinski definition) is 3. The van der Waals surface area contributed by atoms with Gasteiger partial charge in [-0.15, -0.1) is 0 Å². The lowest BCUT2D eigenvalue weighted by Crippen LogP contribution is -2.42. The average molecular weight is 344 g/mol. The molecular formula is C18H21FN4O2. The third-order valence-corrected chi connectivity index (χ3v) is 4.69. The molecule has 1 fully saturated rings. The third kappa shape index (κ3) is 3.01. The van der Waals surface area contributed by atoms with Gasteiger partial charge in [0.05, 0.1) is 23.1 Å². The molecule has 2 heterocycles. The number of carbonyl (C=O) groups excluding carboxylic acids is 2. The molecule has 0 N–H and O–H groups in total. The van der Waals surface area contributed by atoms with Crippen molar-refractivity contribution in [1.29, 1.82) is 0 Å². The minimum atomic E-state index is -0.434. The average Bonchev–Trinajstić information content (AvgIpc) is 3.18. The van der Waals surface area contributed by atoms with E-state index in [9.17, 15) is 14.0 Å². The molecule has 132 valence electrons. The van der Waals surface area contributed by atoms with Crippen LogP contribution in [0.3, 0.4) is 0 Å². The number of likely N-dealkylation sites (N-methyl/N-ethyl adjacent to an activating group) is 2. The molecular weight excluding hydrogens is 323 g/mol. The molecule has 1 atom stereocenters. The van der Waals surface area contributed by atoms with E-state index >= 15 is 0 Å². The molecule has 3 rings (SSSR count). The van der Waals surface area contributed by atoms with E-state index in [1.807, 2.05) is 6.92 Å². The Kier molecular flexibility index (Phi) is 4.57. The fourth-order valence-corrected chi connectivity index (χ4v) is 3.19. The van der Waals surface area contributed by atoms with E-state index in [1.165, 1.54) is 23.2 Å². The maximum Gasteiger partial charge on any atom is 0.257 e. The van der Waals surface area contributed by atoms with Crippen LogP contribution in [0.15, 0.2) is 30.5 Å². The molecule has 7 heteroatoms. The molecule has 0 saturated carbocycles. The van der Waals surface area contributed by atoms with Gasteiger partial charge in [-0.3, -0.25) is 9.59 Å². The minimum Gasteiger partial charge on any atom is -0.344 e. The number of benzene rings is 1.